The monoisotopic (exact) mass is 268 g/mol. The van der Waals surface area contributed by atoms with Gasteiger partial charge in [0.2, 0.25) is 0 Å². The molecule has 0 aromatic rings. The molecule has 18 heavy (non-hydrogen) atoms. The molecule has 2 rings (SSSR count). The van der Waals surface area contributed by atoms with Crippen molar-refractivity contribution in [2.24, 2.45) is 29.6 Å². The summed E-state index contributed by atoms with van der Waals surface area (Å²) in [6, 6.07) is 0. The molecule has 0 saturated heterocycles. The zero-order chi connectivity index (χ0) is 13.3. The van der Waals surface area contributed by atoms with Crippen LogP contribution in [-0.2, 0) is 0 Å². The molecule has 0 N–H and O–H groups in total. The number of hydrogen-bond acceptors (Lipinski definition) is 1. The zero-order valence-corrected chi connectivity index (χ0v) is 13.8. The number of hydrogen-bond donors (Lipinski definition) is 0. The van der Waals surface area contributed by atoms with Crippen LogP contribution in [0.3, 0.4) is 0 Å². The van der Waals surface area contributed by atoms with Crippen LogP contribution in [0.25, 0.3) is 0 Å². The zero-order valence-electron chi connectivity index (χ0n) is 13.0. The average Bonchev–Trinajstić information content (AvgIpc) is 2.34. The van der Waals surface area contributed by atoms with Crippen LogP contribution in [0.2, 0.25) is 0 Å². The van der Waals surface area contributed by atoms with Gasteiger partial charge in [-0.2, -0.15) is 11.8 Å². The van der Waals surface area contributed by atoms with E-state index in [0.717, 1.165) is 40.1 Å². The first-order chi connectivity index (χ1) is 8.49. The molecule has 2 aliphatic carbocycles. The molecule has 0 aromatic heterocycles. The van der Waals surface area contributed by atoms with Crippen molar-refractivity contribution < 1.29 is 0 Å². The van der Waals surface area contributed by atoms with Gasteiger partial charge in [-0.1, -0.05) is 34.6 Å². The SMILES string of the molecule is CC1CCC(SC2C(C)C(C)CC(C)C2C)CC1. The fourth-order valence-corrected chi connectivity index (χ4v) is 6.00. The van der Waals surface area contributed by atoms with Crippen LogP contribution in [0, 0.1) is 29.6 Å². The first-order valence-electron chi connectivity index (χ1n) is 8.14. The Bertz CT molecular complexity index is 240. The van der Waals surface area contributed by atoms with E-state index in [4.69, 9.17) is 0 Å². The standard InChI is InChI=1S/C17H32S/c1-11-6-8-16(9-7-11)18-17-14(4)12(2)10-13(3)15(17)5/h11-17H,6-10H2,1-5H3. The van der Waals surface area contributed by atoms with E-state index in [2.05, 4.69) is 46.4 Å². The maximum Gasteiger partial charge on any atom is 0.0106 e. The van der Waals surface area contributed by atoms with E-state index in [1.807, 2.05) is 0 Å². The minimum atomic E-state index is 0.917. The van der Waals surface area contributed by atoms with E-state index in [-0.39, 0.29) is 0 Å². The Morgan fingerprint density at radius 3 is 1.72 bits per heavy atom. The summed E-state index contributed by atoms with van der Waals surface area (Å²) in [6.45, 7) is 12.4. The largest absolute Gasteiger partial charge is 0.155 e. The highest BCUT2D eigenvalue weighted by molar-refractivity contribution is 8.00. The molecule has 0 heterocycles. The quantitative estimate of drug-likeness (QED) is 0.627. The molecule has 0 aromatic carbocycles. The van der Waals surface area contributed by atoms with Gasteiger partial charge in [-0.25, -0.2) is 0 Å². The highest BCUT2D eigenvalue weighted by Crippen LogP contribution is 2.47. The second-order valence-electron chi connectivity index (χ2n) is 7.39. The van der Waals surface area contributed by atoms with Gasteiger partial charge in [-0.15, -0.1) is 0 Å². The van der Waals surface area contributed by atoms with E-state index in [9.17, 15) is 0 Å². The van der Waals surface area contributed by atoms with Gasteiger partial charge in [0.05, 0.1) is 0 Å². The first-order valence-corrected chi connectivity index (χ1v) is 9.08. The molecular formula is C17H32S. The molecule has 0 amide bonds. The Morgan fingerprint density at radius 2 is 1.22 bits per heavy atom. The minimum absolute atomic E-state index is 0.917. The van der Waals surface area contributed by atoms with E-state index in [1.165, 1.54) is 32.1 Å². The van der Waals surface area contributed by atoms with Crippen LogP contribution < -0.4 is 0 Å². The lowest BCUT2D eigenvalue weighted by Crippen LogP contribution is -2.39. The number of thioether (sulfide) groups is 1. The van der Waals surface area contributed by atoms with Crippen LogP contribution in [0.1, 0.15) is 66.7 Å². The third-order valence-corrected chi connectivity index (χ3v) is 7.92. The fourth-order valence-electron chi connectivity index (χ4n) is 3.98. The van der Waals surface area contributed by atoms with Crippen LogP contribution in [0.4, 0.5) is 0 Å². The highest BCUT2D eigenvalue weighted by Gasteiger charge is 2.38. The van der Waals surface area contributed by atoms with Crippen molar-refractivity contribution >= 4 is 11.8 Å². The molecule has 4 unspecified atom stereocenters. The van der Waals surface area contributed by atoms with Gasteiger partial charge in [-0.05, 0) is 61.7 Å². The normalized spacial score (nSPS) is 50.2. The Hall–Kier alpha value is 0.350. The van der Waals surface area contributed by atoms with Gasteiger partial charge >= 0.3 is 0 Å². The summed E-state index contributed by atoms with van der Waals surface area (Å²) >= 11 is 2.37. The molecular weight excluding hydrogens is 236 g/mol. The molecule has 2 aliphatic rings. The van der Waals surface area contributed by atoms with Gasteiger partial charge in [-0.3, -0.25) is 0 Å². The third kappa shape index (κ3) is 3.26. The van der Waals surface area contributed by atoms with E-state index >= 15 is 0 Å². The van der Waals surface area contributed by atoms with Crippen molar-refractivity contribution in [1.29, 1.82) is 0 Å². The van der Waals surface area contributed by atoms with Gasteiger partial charge < -0.3 is 0 Å². The van der Waals surface area contributed by atoms with Crippen LogP contribution in [0.5, 0.6) is 0 Å². The highest BCUT2D eigenvalue weighted by atomic mass is 32.2. The summed E-state index contributed by atoms with van der Waals surface area (Å²) in [6.07, 6.45) is 7.34. The lowest BCUT2D eigenvalue weighted by Gasteiger charge is -2.44. The summed E-state index contributed by atoms with van der Waals surface area (Å²) in [4.78, 5) is 0. The summed E-state index contributed by atoms with van der Waals surface area (Å²) in [5.74, 6) is 4.68. The van der Waals surface area contributed by atoms with Crippen LogP contribution in [-0.4, -0.2) is 10.5 Å². The predicted molar refractivity (Wildman–Crippen MR) is 84.1 cm³/mol. The van der Waals surface area contributed by atoms with Crippen molar-refractivity contribution in [3.8, 4) is 0 Å². The summed E-state index contributed by atoms with van der Waals surface area (Å²) in [5, 5.41) is 1.88. The molecule has 0 spiro atoms. The molecule has 2 saturated carbocycles. The van der Waals surface area contributed by atoms with Crippen molar-refractivity contribution in [2.75, 3.05) is 0 Å². The average molecular weight is 269 g/mol. The Labute approximate surface area is 119 Å². The van der Waals surface area contributed by atoms with Crippen molar-refractivity contribution in [3.05, 3.63) is 0 Å². The van der Waals surface area contributed by atoms with Crippen molar-refractivity contribution in [3.63, 3.8) is 0 Å². The second-order valence-corrected chi connectivity index (χ2v) is 8.87. The summed E-state index contributed by atoms with van der Waals surface area (Å²) < 4.78 is 0. The molecule has 0 nitrogen and oxygen atoms in total. The maximum absolute atomic E-state index is 2.51. The summed E-state index contributed by atoms with van der Waals surface area (Å²) in [5.41, 5.74) is 0. The predicted octanol–water partition coefficient (Wildman–Crippen LogP) is 5.62. The minimum Gasteiger partial charge on any atom is -0.155 e. The smallest absolute Gasteiger partial charge is 0.0106 e. The lowest BCUT2D eigenvalue weighted by atomic mass is 9.70. The molecule has 106 valence electrons. The van der Waals surface area contributed by atoms with Gasteiger partial charge in [0.15, 0.2) is 0 Å². The van der Waals surface area contributed by atoms with E-state index in [1.54, 1.807) is 0 Å². The van der Waals surface area contributed by atoms with Crippen LogP contribution in [0.15, 0.2) is 0 Å². The molecule has 0 bridgehead atoms. The van der Waals surface area contributed by atoms with Gasteiger partial charge in [0.25, 0.3) is 0 Å². The second kappa shape index (κ2) is 6.20. The van der Waals surface area contributed by atoms with E-state index < -0.39 is 0 Å². The lowest BCUT2D eigenvalue weighted by molar-refractivity contribution is 0.165. The fraction of sp³-hybridized carbons (Fsp3) is 1.00. The van der Waals surface area contributed by atoms with Crippen molar-refractivity contribution in [2.45, 2.75) is 77.2 Å². The molecule has 2 fully saturated rings. The Morgan fingerprint density at radius 1 is 0.722 bits per heavy atom. The number of rotatable bonds is 2. The van der Waals surface area contributed by atoms with Gasteiger partial charge in [0, 0.05) is 10.5 Å². The van der Waals surface area contributed by atoms with Crippen molar-refractivity contribution in [1.82, 2.24) is 0 Å². The molecule has 1 heteroatoms. The van der Waals surface area contributed by atoms with E-state index in [0.29, 0.717) is 0 Å². The van der Waals surface area contributed by atoms with Gasteiger partial charge in [0.1, 0.15) is 0 Å². The topological polar surface area (TPSA) is 0 Å². The Kier molecular flexibility index (Phi) is 5.08. The molecule has 4 atom stereocenters. The summed E-state index contributed by atoms with van der Waals surface area (Å²) in [7, 11) is 0. The molecule has 0 aliphatic heterocycles. The Balaban J connectivity index is 1.93. The third-order valence-electron chi connectivity index (χ3n) is 5.89. The maximum atomic E-state index is 2.51. The van der Waals surface area contributed by atoms with Crippen LogP contribution >= 0.6 is 11.8 Å². The molecule has 0 radical (unpaired) electrons. The first kappa shape index (κ1) is 14.8.